The second-order valence-corrected chi connectivity index (χ2v) is 5.60. The molecule has 1 atom stereocenters. The summed E-state index contributed by atoms with van der Waals surface area (Å²) < 4.78 is 30.3. The molecule has 7 nitrogen and oxygen atoms in total. The first-order valence-corrected chi connectivity index (χ1v) is 7.33. The van der Waals surface area contributed by atoms with E-state index in [2.05, 4.69) is 10.5 Å². The number of phenolic OH excluding ortho intramolecular Hbond substituents is 1. The van der Waals surface area contributed by atoms with E-state index in [-0.39, 0.29) is 29.7 Å². The van der Waals surface area contributed by atoms with Crippen LogP contribution in [0.5, 0.6) is 5.75 Å². The first-order valence-electron chi connectivity index (χ1n) is 5.72. The SMILES string of the molecule is CCNC(CCS(=O)(=O)O)c1ccc(N=O)c(O)c1. The number of aromatic hydroxyl groups is 1. The van der Waals surface area contributed by atoms with Crippen LogP contribution >= 0.6 is 0 Å². The number of phenols is 1. The summed E-state index contributed by atoms with van der Waals surface area (Å²) >= 11 is 0. The molecule has 1 aromatic carbocycles. The van der Waals surface area contributed by atoms with E-state index in [0.717, 1.165) is 0 Å². The largest absolute Gasteiger partial charge is 0.506 e. The highest BCUT2D eigenvalue weighted by Crippen LogP contribution is 2.30. The number of benzene rings is 1. The molecule has 0 radical (unpaired) electrons. The molecular formula is C11H16N2O5S. The van der Waals surface area contributed by atoms with Crippen LogP contribution in [0.1, 0.15) is 24.9 Å². The molecular weight excluding hydrogens is 272 g/mol. The van der Waals surface area contributed by atoms with Gasteiger partial charge in [-0.25, -0.2) is 0 Å². The summed E-state index contributed by atoms with van der Waals surface area (Å²) in [6, 6.07) is 3.94. The molecule has 0 amide bonds. The zero-order valence-electron chi connectivity index (χ0n) is 10.4. The first kappa shape index (κ1) is 15.5. The van der Waals surface area contributed by atoms with Gasteiger partial charge in [-0.15, -0.1) is 4.91 Å². The quantitative estimate of drug-likeness (QED) is 0.519. The summed E-state index contributed by atoms with van der Waals surface area (Å²) in [4.78, 5) is 10.4. The molecule has 0 aromatic heterocycles. The van der Waals surface area contributed by atoms with Crippen molar-refractivity contribution in [3.8, 4) is 5.75 Å². The van der Waals surface area contributed by atoms with Gasteiger partial charge in [0, 0.05) is 6.04 Å². The fraction of sp³-hybridized carbons (Fsp3) is 0.455. The van der Waals surface area contributed by atoms with Gasteiger partial charge in [-0.3, -0.25) is 4.55 Å². The van der Waals surface area contributed by atoms with Crippen LogP contribution in [0.25, 0.3) is 0 Å². The third-order valence-corrected chi connectivity index (χ3v) is 3.37. The molecule has 0 aliphatic heterocycles. The molecule has 1 aromatic rings. The van der Waals surface area contributed by atoms with Crippen molar-refractivity contribution in [2.45, 2.75) is 19.4 Å². The van der Waals surface area contributed by atoms with Crippen LogP contribution < -0.4 is 5.32 Å². The van der Waals surface area contributed by atoms with E-state index in [0.29, 0.717) is 12.1 Å². The van der Waals surface area contributed by atoms with Crippen LogP contribution in [0.2, 0.25) is 0 Å². The van der Waals surface area contributed by atoms with E-state index in [1.807, 2.05) is 6.92 Å². The highest BCUT2D eigenvalue weighted by atomic mass is 32.2. The molecule has 19 heavy (non-hydrogen) atoms. The van der Waals surface area contributed by atoms with Gasteiger partial charge in [0.15, 0.2) is 0 Å². The summed E-state index contributed by atoms with van der Waals surface area (Å²) in [6.07, 6.45) is 0.153. The van der Waals surface area contributed by atoms with Crippen molar-refractivity contribution in [2.24, 2.45) is 5.18 Å². The van der Waals surface area contributed by atoms with Crippen molar-refractivity contribution in [3.63, 3.8) is 0 Å². The zero-order chi connectivity index (χ0) is 14.5. The molecule has 1 unspecified atom stereocenters. The van der Waals surface area contributed by atoms with Gasteiger partial charge in [0.2, 0.25) is 0 Å². The van der Waals surface area contributed by atoms with Crippen molar-refractivity contribution in [1.29, 1.82) is 0 Å². The molecule has 106 valence electrons. The predicted molar refractivity (Wildman–Crippen MR) is 71.0 cm³/mol. The van der Waals surface area contributed by atoms with Gasteiger partial charge in [0.05, 0.1) is 5.75 Å². The number of rotatable bonds is 7. The van der Waals surface area contributed by atoms with Crippen LogP contribution in [0.15, 0.2) is 23.4 Å². The van der Waals surface area contributed by atoms with Crippen molar-refractivity contribution in [1.82, 2.24) is 5.32 Å². The van der Waals surface area contributed by atoms with Gasteiger partial charge < -0.3 is 10.4 Å². The maximum atomic E-state index is 10.8. The van der Waals surface area contributed by atoms with Gasteiger partial charge in [-0.05, 0) is 35.8 Å². The number of nitrogens with one attached hydrogen (secondary N) is 1. The fourth-order valence-corrected chi connectivity index (χ4v) is 2.27. The summed E-state index contributed by atoms with van der Waals surface area (Å²) in [5.74, 6) is -0.652. The van der Waals surface area contributed by atoms with Crippen molar-refractivity contribution < 1.29 is 18.1 Å². The average molecular weight is 288 g/mol. The van der Waals surface area contributed by atoms with Crippen molar-refractivity contribution in [3.05, 3.63) is 28.7 Å². The van der Waals surface area contributed by atoms with Crippen LogP contribution in [0, 0.1) is 4.91 Å². The minimum atomic E-state index is -4.04. The molecule has 0 spiro atoms. The van der Waals surface area contributed by atoms with E-state index in [1.54, 1.807) is 6.07 Å². The number of hydrogen-bond acceptors (Lipinski definition) is 6. The van der Waals surface area contributed by atoms with E-state index >= 15 is 0 Å². The maximum Gasteiger partial charge on any atom is 0.264 e. The Morgan fingerprint density at radius 2 is 2.11 bits per heavy atom. The second kappa shape index (κ2) is 6.60. The lowest BCUT2D eigenvalue weighted by Gasteiger charge is -2.18. The lowest BCUT2D eigenvalue weighted by atomic mass is 10.0. The molecule has 0 fully saturated rings. The first-order chi connectivity index (χ1) is 8.87. The fourth-order valence-electron chi connectivity index (χ4n) is 1.73. The summed E-state index contributed by atoms with van der Waals surface area (Å²) in [6.45, 7) is 2.44. The topological polar surface area (TPSA) is 116 Å². The van der Waals surface area contributed by atoms with Gasteiger partial charge >= 0.3 is 0 Å². The standard InChI is InChI=1S/C11H16N2O5S/c1-2-12-9(5-6-19(16,17)18)8-3-4-10(13-15)11(14)7-8/h3-4,7,9,12,14H,2,5-6H2,1H3,(H,16,17,18). The van der Waals surface area contributed by atoms with Gasteiger partial charge in [0.25, 0.3) is 10.1 Å². The molecule has 0 saturated carbocycles. The molecule has 0 aliphatic rings. The highest BCUT2D eigenvalue weighted by molar-refractivity contribution is 7.85. The van der Waals surface area contributed by atoms with Crippen LogP contribution in [-0.4, -0.2) is 30.4 Å². The Hall–Kier alpha value is -1.51. The molecule has 1 rings (SSSR count). The normalized spacial score (nSPS) is 13.2. The second-order valence-electron chi connectivity index (χ2n) is 4.02. The molecule has 0 aliphatic carbocycles. The summed E-state index contributed by atoms with van der Waals surface area (Å²) in [7, 11) is -4.04. The third-order valence-electron chi connectivity index (χ3n) is 2.62. The molecule has 3 N–H and O–H groups in total. The lowest BCUT2D eigenvalue weighted by molar-refractivity contribution is 0.463. The van der Waals surface area contributed by atoms with E-state index in [4.69, 9.17) is 4.55 Å². The van der Waals surface area contributed by atoms with Gasteiger partial charge in [0.1, 0.15) is 11.4 Å². The predicted octanol–water partition coefficient (Wildman–Crippen LogP) is 1.72. The van der Waals surface area contributed by atoms with Crippen LogP contribution in [0.4, 0.5) is 5.69 Å². The monoisotopic (exact) mass is 288 g/mol. The summed E-state index contributed by atoms with van der Waals surface area (Å²) in [5, 5.41) is 15.2. The van der Waals surface area contributed by atoms with E-state index in [9.17, 15) is 18.4 Å². The third kappa shape index (κ3) is 4.93. The van der Waals surface area contributed by atoms with Crippen LogP contribution in [0.3, 0.4) is 0 Å². The minimum absolute atomic E-state index is 0.0752. The Labute approximate surface area is 111 Å². The van der Waals surface area contributed by atoms with Crippen LogP contribution in [-0.2, 0) is 10.1 Å². The van der Waals surface area contributed by atoms with E-state index in [1.165, 1.54) is 12.1 Å². The Morgan fingerprint density at radius 3 is 2.58 bits per heavy atom. The van der Waals surface area contributed by atoms with E-state index < -0.39 is 10.1 Å². The molecule has 8 heteroatoms. The number of nitrogens with zero attached hydrogens (tertiary/aromatic N) is 1. The van der Waals surface area contributed by atoms with Gasteiger partial charge in [-0.1, -0.05) is 13.0 Å². The Bertz CT molecular complexity index is 544. The lowest BCUT2D eigenvalue weighted by Crippen LogP contribution is -2.23. The Balaban J connectivity index is 2.92. The van der Waals surface area contributed by atoms with Crippen molar-refractivity contribution >= 4 is 15.8 Å². The smallest absolute Gasteiger partial charge is 0.264 e. The summed E-state index contributed by atoms with van der Waals surface area (Å²) in [5.41, 5.74) is 0.546. The minimum Gasteiger partial charge on any atom is -0.506 e. The molecule has 0 saturated heterocycles. The van der Waals surface area contributed by atoms with Gasteiger partial charge in [-0.2, -0.15) is 8.42 Å². The van der Waals surface area contributed by atoms with Crippen molar-refractivity contribution in [2.75, 3.05) is 12.3 Å². The highest BCUT2D eigenvalue weighted by Gasteiger charge is 2.16. The molecule has 0 bridgehead atoms. The average Bonchev–Trinajstić information content (AvgIpc) is 2.33. The number of nitroso groups, excluding NO2 is 1. The Kier molecular flexibility index (Phi) is 5.40. The Morgan fingerprint density at radius 1 is 1.42 bits per heavy atom. The molecule has 0 heterocycles. The zero-order valence-corrected chi connectivity index (χ0v) is 11.2. The maximum absolute atomic E-state index is 10.8. The number of hydrogen-bond donors (Lipinski definition) is 3.